The molecule has 7 heteroatoms. The van der Waals surface area contributed by atoms with Gasteiger partial charge in [0, 0.05) is 12.0 Å². The predicted octanol–water partition coefficient (Wildman–Crippen LogP) is 6.93. The first-order chi connectivity index (χ1) is 16.7. The zero-order valence-corrected chi connectivity index (χ0v) is 20.9. The SMILES string of the molecule is CCCCCOc1ccc(-c2ccc(OC(=O)C3(C)CC(CCCC)C(=O)O3)c(C)c2)c(F)c1F. The zero-order valence-electron chi connectivity index (χ0n) is 20.9. The van der Waals surface area contributed by atoms with Crippen LogP contribution in [0.4, 0.5) is 8.78 Å². The standard InChI is InChI=1S/C28H34F2O5/c1-5-7-9-15-33-23-14-12-21(24(29)25(23)30)19-11-13-22(18(3)16-19)34-27(32)28(4)17-20(10-8-6-2)26(31)35-28/h11-14,16,20H,5-10,15,17H2,1-4H3. The fourth-order valence-corrected chi connectivity index (χ4v) is 4.24. The quantitative estimate of drug-likeness (QED) is 0.195. The molecule has 0 aliphatic carbocycles. The maximum atomic E-state index is 14.8. The highest BCUT2D eigenvalue weighted by atomic mass is 19.2. The molecule has 1 aliphatic rings. The topological polar surface area (TPSA) is 61.8 Å². The van der Waals surface area contributed by atoms with E-state index in [2.05, 4.69) is 6.92 Å². The summed E-state index contributed by atoms with van der Waals surface area (Å²) < 4.78 is 45.7. The molecule has 3 rings (SSSR count). The van der Waals surface area contributed by atoms with Gasteiger partial charge < -0.3 is 14.2 Å². The lowest BCUT2D eigenvalue weighted by atomic mass is 9.92. The second-order valence-electron chi connectivity index (χ2n) is 9.36. The number of benzene rings is 2. The minimum atomic E-state index is -1.34. The lowest BCUT2D eigenvalue weighted by Gasteiger charge is -2.21. The molecule has 1 saturated heterocycles. The summed E-state index contributed by atoms with van der Waals surface area (Å²) in [4.78, 5) is 25.0. The van der Waals surface area contributed by atoms with Crippen LogP contribution in [0.3, 0.4) is 0 Å². The Morgan fingerprint density at radius 3 is 2.46 bits per heavy atom. The third-order valence-corrected chi connectivity index (χ3v) is 6.37. The van der Waals surface area contributed by atoms with E-state index >= 15 is 0 Å². The lowest BCUT2D eigenvalue weighted by molar-refractivity contribution is -0.166. The Morgan fingerprint density at radius 1 is 1.06 bits per heavy atom. The molecule has 0 spiro atoms. The normalized spacial score (nSPS) is 19.5. The summed E-state index contributed by atoms with van der Waals surface area (Å²) in [5.41, 5.74) is -0.261. The summed E-state index contributed by atoms with van der Waals surface area (Å²) >= 11 is 0. The Hall–Kier alpha value is -2.96. The number of carbonyl (C=O) groups excluding carboxylic acids is 2. The van der Waals surface area contributed by atoms with E-state index in [-0.39, 0.29) is 35.4 Å². The summed E-state index contributed by atoms with van der Waals surface area (Å²) in [7, 11) is 0. The van der Waals surface area contributed by atoms with Crippen LogP contribution in [0.15, 0.2) is 30.3 Å². The van der Waals surface area contributed by atoms with E-state index in [1.54, 1.807) is 26.0 Å². The van der Waals surface area contributed by atoms with Gasteiger partial charge in [-0.2, -0.15) is 4.39 Å². The van der Waals surface area contributed by atoms with Gasteiger partial charge in [0.05, 0.1) is 12.5 Å². The molecule has 0 saturated carbocycles. The first kappa shape index (κ1) is 26.6. The van der Waals surface area contributed by atoms with E-state index in [1.807, 2.05) is 6.92 Å². The van der Waals surface area contributed by atoms with E-state index < -0.39 is 23.2 Å². The third kappa shape index (κ3) is 6.19. The number of aryl methyl sites for hydroxylation is 1. The largest absolute Gasteiger partial charge is 0.490 e. The van der Waals surface area contributed by atoms with E-state index in [4.69, 9.17) is 14.2 Å². The Balaban J connectivity index is 1.72. The molecule has 1 fully saturated rings. The molecule has 1 aliphatic heterocycles. The van der Waals surface area contributed by atoms with Crippen molar-refractivity contribution >= 4 is 11.9 Å². The Labute approximate surface area is 205 Å². The number of halogens is 2. The number of esters is 2. The molecule has 190 valence electrons. The second kappa shape index (κ2) is 11.6. The zero-order chi connectivity index (χ0) is 25.6. The summed E-state index contributed by atoms with van der Waals surface area (Å²) in [6.07, 6.45) is 5.53. The number of hydrogen-bond acceptors (Lipinski definition) is 5. The van der Waals surface area contributed by atoms with Gasteiger partial charge in [-0.05, 0) is 62.1 Å². The third-order valence-electron chi connectivity index (χ3n) is 6.37. The van der Waals surface area contributed by atoms with E-state index in [9.17, 15) is 18.4 Å². The summed E-state index contributed by atoms with van der Waals surface area (Å²) in [5, 5.41) is 0. The molecule has 0 amide bonds. The van der Waals surface area contributed by atoms with Crippen LogP contribution in [0, 0.1) is 24.5 Å². The van der Waals surface area contributed by atoms with Crippen LogP contribution in [0.1, 0.15) is 71.3 Å². The fraction of sp³-hybridized carbons (Fsp3) is 0.500. The minimum Gasteiger partial charge on any atom is -0.490 e. The van der Waals surface area contributed by atoms with Gasteiger partial charge in [0.25, 0.3) is 0 Å². The van der Waals surface area contributed by atoms with Crippen LogP contribution in [0.5, 0.6) is 11.5 Å². The maximum Gasteiger partial charge on any atom is 0.355 e. The van der Waals surface area contributed by atoms with Gasteiger partial charge >= 0.3 is 11.9 Å². The summed E-state index contributed by atoms with van der Waals surface area (Å²) in [5.74, 6) is -3.20. The van der Waals surface area contributed by atoms with E-state index in [0.29, 0.717) is 24.2 Å². The molecule has 35 heavy (non-hydrogen) atoms. The highest BCUT2D eigenvalue weighted by Crippen LogP contribution is 2.37. The Morgan fingerprint density at radius 2 is 1.77 bits per heavy atom. The Bertz CT molecular complexity index is 1070. The summed E-state index contributed by atoms with van der Waals surface area (Å²) in [6, 6.07) is 7.61. The molecule has 1 heterocycles. The monoisotopic (exact) mass is 488 g/mol. The van der Waals surface area contributed by atoms with Gasteiger partial charge in [-0.1, -0.05) is 45.6 Å². The van der Waals surface area contributed by atoms with Crippen molar-refractivity contribution in [3.05, 3.63) is 47.5 Å². The first-order valence-electron chi connectivity index (χ1n) is 12.4. The van der Waals surface area contributed by atoms with Gasteiger partial charge in [-0.25, -0.2) is 9.18 Å². The van der Waals surface area contributed by atoms with Crippen molar-refractivity contribution in [2.45, 2.75) is 78.2 Å². The van der Waals surface area contributed by atoms with Crippen molar-refractivity contribution in [2.24, 2.45) is 5.92 Å². The highest BCUT2D eigenvalue weighted by molar-refractivity contribution is 5.89. The van der Waals surface area contributed by atoms with Crippen LogP contribution in [-0.2, 0) is 14.3 Å². The van der Waals surface area contributed by atoms with Gasteiger partial charge in [0.2, 0.25) is 11.4 Å². The molecule has 5 nitrogen and oxygen atoms in total. The number of cyclic esters (lactones) is 1. The highest BCUT2D eigenvalue weighted by Gasteiger charge is 2.49. The fourth-order valence-electron chi connectivity index (χ4n) is 4.24. The van der Waals surface area contributed by atoms with Crippen LogP contribution >= 0.6 is 0 Å². The number of carbonyl (C=O) groups is 2. The van der Waals surface area contributed by atoms with Gasteiger partial charge in [-0.3, -0.25) is 4.79 Å². The van der Waals surface area contributed by atoms with Crippen molar-refractivity contribution in [3.8, 4) is 22.6 Å². The number of unbranched alkanes of at least 4 members (excludes halogenated alkanes) is 3. The molecule has 0 radical (unpaired) electrons. The number of ether oxygens (including phenoxy) is 3. The van der Waals surface area contributed by atoms with Crippen molar-refractivity contribution in [1.82, 2.24) is 0 Å². The molecule has 0 aromatic heterocycles. The average molecular weight is 489 g/mol. The lowest BCUT2D eigenvalue weighted by Crippen LogP contribution is -2.38. The molecule has 2 unspecified atom stereocenters. The van der Waals surface area contributed by atoms with Gasteiger partial charge in [0.1, 0.15) is 5.75 Å². The molecule has 2 aromatic carbocycles. The first-order valence-corrected chi connectivity index (χ1v) is 12.4. The molecular formula is C28H34F2O5. The van der Waals surface area contributed by atoms with Crippen LogP contribution < -0.4 is 9.47 Å². The van der Waals surface area contributed by atoms with Gasteiger partial charge in [0.15, 0.2) is 11.6 Å². The predicted molar refractivity (Wildman–Crippen MR) is 129 cm³/mol. The molecule has 0 N–H and O–H groups in total. The van der Waals surface area contributed by atoms with Crippen LogP contribution in [-0.4, -0.2) is 24.1 Å². The number of rotatable bonds is 11. The van der Waals surface area contributed by atoms with Crippen LogP contribution in [0.25, 0.3) is 11.1 Å². The van der Waals surface area contributed by atoms with Gasteiger partial charge in [-0.15, -0.1) is 0 Å². The average Bonchev–Trinajstić information content (AvgIpc) is 3.13. The Kier molecular flexibility index (Phi) is 8.87. The smallest absolute Gasteiger partial charge is 0.355 e. The number of hydrogen-bond donors (Lipinski definition) is 0. The molecular weight excluding hydrogens is 454 g/mol. The maximum absolute atomic E-state index is 14.8. The van der Waals surface area contributed by atoms with Crippen LogP contribution in [0.2, 0.25) is 0 Å². The molecule has 2 aromatic rings. The van der Waals surface area contributed by atoms with E-state index in [0.717, 1.165) is 32.1 Å². The molecule has 2 atom stereocenters. The minimum absolute atomic E-state index is 0.0832. The summed E-state index contributed by atoms with van der Waals surface area (Å²) in [6.45, 7) is 7.69. The van der Waals surface area contributed by atoms with Crippen molar-refractivity contribution in [2.75, 3.05) is 6.61 Å². The van der Waals surface area contributed by atoms with Crippen molar-refractivity contribution < 1.29 is 32.6 Å². The van der Waals surface area contributed by atoms with Crippen molar-refractivity contribution in [3.63, 3.8) is 0 Å². The van der Waals surface area contributed by atoms with E-state index in [1.165, 1.54) is 18.2 Å². The molecule has 0 bridgehead atoms. The second-order valence-corrected chi connectivity index (χ2v) is 9.36. The van der Waals surface area contributed by atoms with Crippen molar-refractivity contribution in [1.29, 1.82) is 0 Å².